The maximum atomic E-state index is 12.7. The van der Waals surface area contributed by atoms with Crippen molar-refractivity contribution in [1.82, 2.24) is 14.3 Å². The highest BCUT2D eigenvalue weighted by Crippen LogP contribution is 2.35. The van der Waals surface area contributed by atoms with E-state index in [9.17, 15) is 31.2 Å². The van der Waals surface area contributed by atoms with Crippen LogP contribution in [0.5, 0.6) is 5.75 Å². The number of nitrogens with one attached hydrogen (secondary N) is 1. The van der Waals surface area contributed by atoms with Crippen molar-refractivity contribution in [2.24, 2.45) is 0 Å². The van der Waals surface area contributed by atoms with Crippen molar-refractivity contribution in [3.63, 3.8) is 0 Å². The van der Waals surface area contributed by atoms with Gasteiger partial charge in [0.1, 0.15) is 30.1 Å². The zero-order valence-corrected chi connectivity index (χ0v) is 18.3. The van der Waals surface area contributed by atoms with Crippen molar-refractivity contribution >= 4 is 20.9 Å². The van der Waals surface area contributed by atoms with Crippen LogP contribution in [-0.4, -0.2) is 44.0 Å². The average Bonchev–Trinajstić information content (AvgIpc) is 3.10. The van der Waals surface area contributed by atoms with Gasteiger partial charge in [-0.3, -0.25) is 4.98 Å². The quantitative estimate of drug-likeness (QED) is 0.436. The summed E-state index contributed by atoms with van der Waals surface area (Å²) in [6.07, 6.45) is 1.66. The number of sulfonamides is 1. The monoisotopic (exact) mass is 484 g/mol. The van der Waals surface area contributed by atoms with Gasteiger partial charge in [-0.25, -0.2) is 21.9 Å². The van der Waals surface area contributed by atoms with Gasteiger partial charge in [0, 0.05) is 24.2 Å². The molecule has 2 heterocycles. The number of alkyl halides is 4. The fourth-order valence-corrected chi connectivity index (χ4v) is 4.55. The topological polar surface area (TPSA) is 97.0 Å². The van der Waals surface area contributed by atoms with E-state index in [2.05, 4.69) is 15.8 Å². The van der Waals surface area contributed by atoms with Gasteiger partial charge in [-0.05, 0) is 30.7 Å². The summed E-state index contributed by atoms with van der Waals surface area (Å²) in [5.41, 5.74) is 1.36. The highest BCUT2D eigenvalue weighted by molar-refractivity contribution is 7.89. The molecule has 0 aliphatic carbocycles. The second kappa shape index (κ2) is 10.2. The van der Waals surface area contributed by atoms with E-state index in [1.807, 2.05) is 11.6 Å². The van der Waals surface area contributed by atoms with Gasteiger partial charge in [-0.15, -0.1) is 0 Å². The van der Waals surface area contributed by atoms with Crippen molar-refractivity contribution < 1.29 is 30.7 Å². The van der Waals surface area contributed by atoms with Gasteiger partial charge in [0.2, 0.25) is 10.0 Å². The molecule has 0 spiro atoms. The molecule has 0 amide bonds. The second-order valence-corrected chi connectivity index (χ2v) is 8.76. The Hall–Kier alpha value is -3.17. The molecule has 0 atom stereocenters. The molecule has 0 unspecified atom stereocenters. The van der Waals surface area contributed by atoms with Crippen molar-refractivity contribution in [3.8, 4) is 23.2 Å². The molecule has 12 heteroatoms. The summed E-state index contributed by atoms with van der Waals surface area (Å²) in [6, 6.07) is 7.40. The largest absolute Gasteiger partial charge is 0.435 e. The van der Waals surface area contributed by atoms with Crippen LogP contribution in [0.15, 0.2) is 41.4 Å². The Morgan fingerprint density at radius 2 is 1.94 bits per heavy atom. The first-order chi connectivity index (χ1) is 15.7. The summed E-state index contributed by atoms with van der Waals surface area (Å²) in [7, 11) is -4.21. The van der Waals surface area contributed by atoms with Gasteiger partial charge in [0.05, 0.1) is 28.5 Å². The number of nitrogens with zero attached hydrogens (tertiary/aromatic N) is 3. The molecule has 3 rings (SSSR count). The predicted octanol–water partition coefficient (Wildman–Crippen LogP) is 4.17. The Morgan fingerprint density at radius 3 is 2.48 bits per heavy atom. The SMILES string of the molecule is CCCn1c(-c2ccc(S(=O)(=O)NC(CF)CF)cn2)c(C#N)c2ccc(OC(F)F)cc21. The molecule has 0 radical (unpaired) electrons. The number of fused-ring (bicyclic) bond motifs is 1. The Labute approximate surface area is 187 Å². The molecule has 7 nitrogen and oxygen atoms in total. The molecular weight excluding hydrogens is 464 g/mol. The van der Waals surface area contributed by atoms with Gasteiger partial charge in [0.15, 0.2) is 0 Å². The van der Waals surface area contributed by atoms with E-state index in [1.54, 1.807) is 4.57 Å². The summed E-state index contributed by atoms with van der Waals surface area (Å²) in [6.45, 7) is -3.11. The number of ether oxygens (including phenoxy) is 1. The average molecular weight is 484 g/mol. The molecule has 0 saturated carbocycles. The van der Waals surface area contributed by atoms with E-state index in [1.165, 1.54) is 30.3 Å². The molecule has 0 bridgehead atoms. The van der Waals surface area contributed by atoms with Crippen LogP contribution in [0.2, 0.25) is 0 Å². The number of aromatic nitrogens is 2. The van der Waals surface area contributed by atoms with Crippen LogP contribution in [0.1, 0.15) is 18.9 Å². The standard InChI is InChI=1S/C21H20F4N4O3S/c1-2-7-29-19-8-14(32-21(24)25)3-5-16(19)17(11-26)20(29)18-6-4-15(12-27-18)33(30,31)28-13(9-22)10-23/h3-6,8,12-13,21,28H,2,7,9-10H2,1H3. The summed E-state index contributed by atoms with van der Waals surface area (Å²) < 4.78 is 83.6. The van der Waals surface area contributed by atoms with Crippen molar-refractivity contribution in [2.45, 2.75) is 37.4 Å². The van der Waals surface area contributed by atoms with E-state index in [-0.39, 0.29) is 21.9 Å². The maximum absolute atomic E-state index is 12.7. The van der Waals surface area contributed by atoms with Crippen LogP contribution >= 0.6 is 0 Å². The van der Waals surface area contributed by atoms with Gasteiger partial charge < -0.3 is 9.30 Å². The van der Waals surface area contributed by atoms with Gasteiger partial charge in [-0.1, -0.05) is 6.92 Å². The smallest absolute Gasteiger partial charge is 0.387 e. The summed E-state index contributed by atoms with van der Waals surface area (Å²) >= 11 is 0. The Bertz CT molecular complexity index is 1270. The van der Waals surface area contributed by atoms with Crippen molar-refractivity contribution in [2.75, 3.05) is 13.3 Å². The molecule has 33 heavy (non-hydrogen) atoms. The Morgan fingerprint density at radius 1 is 1.21 bits per heavy atom. The lowest BCUT2D eigenvalue weighted by atomic mass is 10.1. The molecule has 1 aromatic carbocycles. The van der Waals surface area contributed by atoms with Crippen LogP contribution in [0.25, 0.3) is 22.3 Å². The lowest BCUT2D eigenvalue weighted by Crippen LogP contribution is -2.37. The lowest BCUT2D eigenvalue weighted by Gasteiger charge is -2.13. The van der Waals surface area contributed by atoms with Crippen LogP contribution in [0.3, 0.4) is 0 Å². The number of hydrogen-bond donors (Lipinski definition) is 1. The van der Waals surface area contributed by atoms with Gasteiger partial charge in [0.25, 0.3) is 0 Å². The van der Waals surface area contributed by atoms with Crippen molar-refractivity contribution in [3.05, 3.63) is 42.1 Å². The van der Waals surface area contributed by atoms with E-state index in [0.29, 0.717) is 29.6 Å². The lowest BCUT2D eigenvalue weighted by molar-refractivity contribution is -0.0497. The normalized spacial score (nSPS) is 11.9. The molecular formula is C21H20F4N4O3S. The molecule has 3 aromatic rings. The van der Waals surface area contributed by atoms with E-state index in [0.717, 1.165) is 6.20 Å². The number of halogens is 4. The molecule has 0 aliphatic rings. The fourth-order valence-electron chi connectivity index (χ4n) is 3.41. The van der Waals surface area contributed by atoms with Gasteiger partial charge >= 0.3 is 6.61 Å². The number of hydrogen-bond acceptors (Lipinski definition) is 5. The number of benzene rings is 1. The third-order valence-corrected chi connectivity index (χ3v) is 6.31. The minimum absolute atomic E-state index is 0.0702. The molecule has 1 N–H and O–H groups in total. The predicted molar refractivity (Wildman–Crippen MR) is 113 cm³/mol. The van der Waals surface area contributed by atoms with E-state index >= 15 is 0 Å². The highest BCUT2D eigenvalue weighted by Gasteiger charge is 2.23. The first kappa shape index (κ1) is 24.5. The minimum atomic E-state index is -4.21. The first-order valence-electron chi connectivity index (χ1n) is 9.87. The third kappa shape index (κ3) is 5.09. The molecule has 0 aliphatic heterocycles. The molecule has 2 aromatic heterocycles. The molecule has 0 saturated heterocycles. The van der Waals surface area contributed by atoms with Crippen LogP contribution in [-0.2, 0) is 16.6 Å². The maximum Gasteiger partial charge on any atom is 0.387 e. The molecule has 176 valence electrons. The van der Waals surface area contributed by atoms with Crippen LogP contribution in [0, 0.1) is 11.3 Å². The Kier molecular flexibility index (Phi) is 7.55. The third-order valence-electron chi connectivity index (χ3n) is 4.80. The number of nitriles is 1. The van der Waals surface area contributed by atoms with Crippen molar-refractivity contribution in [1.29, 1.82) is 5.26 Å². The van der Waals surface area contributed by atoms with Crippen LogP contribution in [0.4, 0.5) is 17.6 Å². The number of rotatable bonds is 10. The number of pyridine rings is 1. The summed E-state index contributed by atoms with van der Waals surface area (Å²) in [5, 5.41) is 10.3. The van der Waals surface area contributed by atoms with E-state index < -0.39 is 36.0 Å². The highest BCUT2D eigenvalue weighted by atomic mass is 32.2. The summed E-state index contributed by atoms with van der Waals surface area (Å²) in [4.78, 5) is 3.86. The number of aryl methyl sites for hydroxylation is 1. The zero-order chi connectivity index (χ0) is 24.2. The molecule has 0 fully saturated rings. The van der Waals surface area contributed by atoms with Crippen LogP contribution < -0.4 is 9.46 Å². The Balaban J connectivity index is 2.11. The zero-order valence-electron chi connectivity index (χ0n) is 17.4. The van der Waals surface area contributed by atoms with E-state index in [4.69, 9.17) is 0 Å². The van der Waals surface area contributed by atoms with Gasteiger partial charge in [-0.2, -0.15) is 14.0 Å². The first-order valence-corrected chi connectivity index (χ1v) is 11.4. The minimum Gasteiger partial charge on any atom is -0.435 e. The fraction of sp³-hybridized carbons (Fsp3) is 0.333. The second-order valence-electron chi connectivity index (χ2n) is 7.05. The summed E-state index contributed by atoms with van der Waals surface area (Å²) in [5.74, 6) is -0.0702.